The zero-order valence-electron chi connectivity index (χ0n) is 20.6. The van der Waals surface area contributed by atoms with Crippen LogP contribution in [0.15, 0.2) is 48.5 Å². The first-order chi connectivity index (χ1) is 17.3. The van der Waals surface area contributed by atoms with E-state index in [1.807, 2.05) is 36.4 Å². The summed E-state index contributed by atoms with van der Waals surface area (Å²) in [5.74, 6) is -0.930. The molecule has 2 saturated heterocycles. The maximum Gasteiger partial charge on any atom is 0.303 e. The van der Waals surface area contributed by atoms with E-state index in [9.17, 15) is 19.8 Å². The summed E-state index contributed by atoms with van der Waals surface area (Å²) in [5, 5.41) is 22.0. The molecule has 2 aromatic rings. The molecule has 2 heterocycles. The van der Waals surface area contributed by atoms with Crippen LogP contribution in [0.25, 0.3) is 0 Å². The second-order valence-corrected chi connectivity index (χ2v) is 9.42. The van der Waals surface area contributed by atoms with Gasteiger partial charge < -0.3 is 29.7 Å². The van der Waals surface area contributed by atoms with Gasteiger partial charge in [-0.15, -0.1) is 0 Å². The third kappa shape index (κ3) is 6.89. The number of rotatable bonds is 8. The standard InChI is InChI=1S/C27H34N2O7/c1-17(34-18(2)31)26(33)28-22-9-7-21(8-10-22)27-35-24(15-29-12-11-23(32)14-29)13-25(36-27)20-5-3-19(16-30)4-6-20/h3-10,17,23-25,27,30,32H,11-16H2,1-2H3,(H,28,33). The van der Waals surface area contributed by atoms with Crippen LogP contribution in [0.5, 0.6) is 0 Å². The van der Waals surface area contributed by atoms with Crippen molar-refractivity contribution < 1.29 is 34.0 Å². The quantitative estimate of drug-likeness (QED) is 0.476. The Balaban J connectivity index is 1.47. The molecule has 3 N–H and O–H groups in total. The molecular weight excluding hydrogens is 464 g/mol. The second kappa shape index (κ2) is 11.9. The van der Waals surface area contributed by atoms with Crippen molar-refractivity contribution in [1.82, 2.24) is 4.90 Å². The van der Waals surface area contributed by atoms with Gasteiger partial charge in [0.05, 0.1) is 24.9 Å². The Morgan fingerprint density at radius 1 is 1.11 bits per heavy atom. The Morgan fingerprint density at radius 3 is 2.42 bits per heavy atom. The van der Waals surface area contributed by atoms with E-state index in [1.54, 1.807) is 12.1 Å². The van der Waals surface area contributed by atoms with Gasteiger partial charge in [-0.1, -0.05) is 36.4 Å². The molecule has 9 nitrogen and oxygen atoms in total. The lowest BCUT2D eigenvalue weighted by Crippen LogP contribution is -2.38. The Morgan fingerprint density at radius 2 is 1.81 bits per heavy atom. The number of benzene rings is 2. The highest BCUT2D eigenvalue weighted by Gasteiger charge is 2.34. The number of likely N-dealkylation sites (tertiary alicyclic amines) is 1. The Kier molecular flexibility index (Phi) is 8.71. The van der Waals surface area contributed by atoms with Crippen LogP contribution in [0.2, 0.25) is 0 Å². The predicted molar refractivity (Wildman–Crippen MR) is 132 cm³/mol. The minimum Gasteiger partial charge on any atom is -0.453 e. The number of ether oxygens (including phenoxy) is 3. The number of anilines is 1. The van der Waals surface area contributed by atoms with E-state index < -0.39 is 24.3 Å². The number of nitrogens with one attached hydrogen (secondary N) is 1. The fraction of sp³-hybridized carbons (Fsp3) is 0.481. The lowest BCUT2D eigenvalue weighted by molar-refractivity contribution is -0.252. The molecule has 5 atom stereocenters. The molecular formula is C27H34N2O7. The summed E-state index contributed by atoms with van der Waals surface area (Å²) < 4.78 is 17.6. The number of nitrogens with zero attached hydrogens (tertiary/aromatic N) is 1. The molecule has 1 amide bonds. The molecule has 2 aliphatic rings. The van der Waals surface area contributed by atoms with Gasteiger partial charge in [-0.25, -0.2) is 0 Å². The number of aliphatic hydroxyl groups is 2. The first-order valence-electron chi connectivity index (χ1n) is 12.3. The highest BCUT2D eigenvalue weighted by molar-refractivity contribution is 5.94. The van der Waals surface area contributed by atoms with Crippen LogP contribution in [0.3, 0.4) is 0 Å². The minimum absolute atomic E-state index is 0.0139. The maximum atomic E-state index is 12.2. The van der Waals surface area contributed by atoms with Gasteiger partial charge >= 0.3 is 5.97 Å². The summed E-state index contributed by atoms with van der Waals surface area (Å²) in [7, 11) is 0. The van der Waals surface area contributed by atoms with Gasteiger partial charge in [0.15, 0.2) is 12.4 Å². The molecule has 2 aliphatic heterocycles. The summed E-state index contributed by atoms with van der Waals surface area (Å²) >= 11 is 0. The van der Waals surface area contributed by atoms with E-state index in [2.05, 4.69) is 10.2 Å². The third-order valence-electron chi connectivity index (χ3n) is 6.49. The molecule has 2 aromatic carbocycles. The topological polar surface area (TPSA) is 118 Å². The third-order valence-corrected chi connectivity index (χ3v) is 6.49. The fourth-order valence-electron chi connectivity index (χ4n) is 4.57. The van der Waals surface area contributed by atoms with Crippen molar-refractivity contribution in [3.8, 4) is 0 Å². The van der Waals surface area contributed by atoms with Crippen molar-refractivity contribution in [3.05, 3.63) is 65.2 Å². The number of hydrogen-bond acceptors (Lipinski definition) is 8. The normalized spacial score (nSPS) is 25.3. The Bertz CT molecular complexity index is 1030. The van der Waals surface area contributed by atoms with E-state index in [1.165, 1.54) is 13.8 Å². The first kappa shape index (κ1) is 26.2. The molecule has 0 saturated carbocycles. The summed E-state index contributed by atoms with van der Waals surface area (Å²) in [6.07, 6.45) is -0.656. The first-order valence-corrected chi connectivity index (χ1v) is 12.3. The zero-order chi connectivity index (χ0) is 25.7. The van der Waals surface area contributed by atoms with Crippen molar-refractivity contribution in [2.45, 2.75) is 64.0 Å². The zero-order valence-corrected chi connectivity index (χ0v) is 20.6. The molecule has 0 aromatic heterocycles. The van der Waals surface area contributed by atoms with Crippen LogP contribution in [0.1, 0.15) is 55.8 Å². The fourth-order valence-corrected chi connectivity index (χ4v) is 4.57. The predicted octanol–water partition coefficient (Wildman–Crippen LogP) is 2.68. The van der Waals surface area contributed by atoms with Gasteiger partial charge in [-0.05, 0) is 36.6 Å². The van der Waals surface area contributed by atoms with E-state index in [-0.39, 0.29) is 24.9 Å². The molecule has 36 heavy (non-hydrogen) atoms. The molecule has 0 spiro atoms. The van der Waals surface area contributed by atoms with Gasteiger partial charge in [0.1, 0.15) is 0 Å². The van der Waals surface area contributed by atoms with Crippen LogP contribution in [-0.4, -0.2) is 64.9 Å². The van der Waals surface area contributed by atoms with Crippen LogP contribution in [0, 0.1) is 0 Å². The summed E-state index contributed by atoms with van der Waals surface area (Å²) in [6.45, 7) is 4.94. The van der Waals surface area contributed by atoms with Gasteiger partial charge in [-0.3, -0.25) is 14.5 Å². The van der Waals surface area contributed by atoms with Crippen LogP contribution in [-0.2, 0) is 30.4 Å². The minimum atomic E-state index is -0.893. The number of esters is 1. The second-order valence-electron chi connectivity index (χ2n) is 9.42. The van der Waals surface area contributed by atoms with Crippen molar-refractivity contribution in [3.63, 3.8) is 0 Å². The highest BCUT2D eigenvalue weighted by atomic mass is 16.7. The molecule has 2 fully saturated rings. The molecule has 4 rings (SSSR count). The van der Waals surface area contributed by atoms with Gasteiger partial charge in [0, 0.05) is 44.2 Å². The lowest BCUT2D eigenvalue weighted by Gasteiger charge is -2.37. The lowest BCUT2D eigenvalue weighted by atomic mass is 9.99. The number of β-amino-alcohol motifs (C(OH)–C–C–N with tert-alkyl or cyclic N) is 1. The number of hydrogen-bond donors (Lipinski definition) is 3. The molecule has 9 heteroatoms. The molecule has 5 unspecified atom stereocenters. The molecule has 0 bridgehead atoms. The molecule has 194 valence electrons. The van der Waals surface area contributed by atoms with E-state index >= 15 is 0 Å². The summed E-state index contributed by atoms with van der Waals surface area (Å²) in [5.41, 5.74) is 3.22. The van der Waals surface area contributed by atoms with E-state index in [4.69, 9.17) is 14.2 Å². The van der Waals surface area contributed by atoms with Gasteiger partial charge in [0.2, 0.25) is 0 Å². The largest absolute Gasteiger partial charge is 0.453 e. The number of amides is 1. The van der Waals surface area contributed by atoms with E-state index in [0.717, 1.165) is 29.7 Å². The van der Waals surface area contributed by atoms with E-state index in [0.29, 0.717) is 25.2 Å². The number of carbonyl (C=O) groups is 2. The van der Waals surface area contributed by atoms with Crippen molar-refractivity contribution in [2.24, 2.45) is 0 Å². The maximum absolute atomic E-state index is 12.2. The monoisotopic (exact) mass is 498 g/mol. The highest BCUT2D eigenvalue weighted by Crippen LogP contribution is 2.38. The number of aliphatic hydroxyl groups excluding tert-OH is 2. The van der Waals surface area contributed by atoms with Gasteiger partial charge in [-0.2, -0.15) is 0 Å². The van der Waals surface area contributed by atoms with Crippen LogP contribution in [0.4, 0.5) is 5.69 Å². The Hall–Kier alpha value is -2.82. The van der Waals surface area contributed by atoms with Crippen molar-refractivity contribution >= 4 is 17.6 Å². The number of carbonyl (C=O) groups excluding carboxylic acids is 2. The van der Waals surface area contributed by atoms with Gasteiger partial charge in [0.25, 0.3) is 5.91 Å². The summed E-state index contributed by atoms with van der Waals surface area (Å²) in [4.78, 5) is 25.5. The smallest absolute Gasteiger partial charge is 0.303 e. The van der Waals surface area contributed by atoms with Crippen LogP contribution >= 0.6 is 0 Å². The van der Waals surface area contributed by atoms with Crippen molar-refractivity contribution in [2.75, 3.05) is 25.0 Å². The van der Waals surface area contributed by atoms with Crippen LogP contribution < -0.4 is 5.32 Å². The average molecular weight is 499 g/mol. The molecule has 0 aliphatic carbocycles. The average Bonchev–Trinajstić information content (AvgIpc) is 3.28. The Labute approximate surface area is 211 Å². The SMILES string of the molecule is CC(=O)OC(C)C(=O)Nc1ccc(C2OC(CN3CCC(O)C3)CC(c3ccc(CO)cc3)O2)cc1. The molecule has 0 radical (unpaired) electrons. The summed E-state index contributed by atoms with van der Waals surface area (Å²) in [6, 6.07) is 14.9. The van der Waals surface area contributed by atoms with Crippen molar-refractivity contribution in [1.29, 1.82) is 0 Å².